The quantitative estimate of drug-likeness (QED) is 0.469. The molecule has 3 nitrogen and oxygen atoms in total. The van der Waals surface area contributed by atoms with Gasteiger partial charge in [-0.15, -0.1) is 0 Å². The minimum atomic E-state index is 0.283. The van der Waals surface area contributed by atoms with Crippen molar-refractivity contribution in [2.24, 2.45) is 5.73 Å². The molecule has 1 unspecified atom stereocenters. The molecular weight excluding hydrogens is 150 g/mol. The molecule has 12 heavy (non-hydrogen) atoms. The first-order chi connectivity index (χ1) is 5.57. The average Bonchev–Trinajstić information content (AvgIpc) is 1.98. The van der Waals surface area contributed by atoms with E-state index in [0.29, 0.717) is 12.5 Å². The molecule has 3 N–H and O–H groups in total. The van der Waals surface area contributed by atoms with Crippen molar-refractivity contribution in [2.75, 3.05) is 13.6 Å². The second kappa shape index (κ2) is 6.00. The summed E-state index contributed by atoms with van der Waals surface area (Å²) in [7, 11) is 2.09. The molecule has 0 aromatic rings. The average molecular weight is 171 g/mol. The zero-order valence-electron chi connectivity index (χ0n) is 8.43. The lowest BCUT2D eigenvalue weighted by Crippen LogP contribution is -2.33. The first kappa shape index (κ1) is 11.4. The highest BCUT2D eigenvalue weighted by atomic mass is 15.1. The number of nitrogens with zero attached hydrogens (tertiary/aromatic N) is 1. The Bertz CT molecular complexity index is 134. The number of hydrogen-bond donors (Lipinski definition) is 2. The van der Waals surface area contributed by atoms with Gasteiger partial charge in [0.1, 0.15) is 0 Å². The van der Waals surface area contributed by atoms with Crippen LogP contribution in [-0.2, 0) is 0 Å². The van der Waals surface area contributed by atoms with E-state index in [0.717, 1.165) is 6.54 Å². The van der Waals surface area contributed by atoms with Crippen LogP contribution < -0.4 is 5.73 Å². The van der Waals surface area contributed by atoms with Gasteiger partial charge in [-0.25, -0.2) is 0 Å². The molecule has 1 atom stereocenters. The highest BCUT2D eigenvalue weighted by Crippen LogP contribution is 2.02. The minimum absolute atomic E-state index is 0.283. The van der Waals surface area contributed by atoms with Crippen LogP contribution in [0.25, 0.3) is 0 Å². The van der Waals surface area contributed by atoms with Crippen molar-refractivity contribution in [1.82, 2.24) is 4.90 Å². The van der Waals surface area contributed by atoms with Crippen molar-refractivity contribution < 1.29 is 0 Å². The van der Waals surface area contributed by atoms with Crippen LogP contribution >= 0.6 is 0 Å². The molecule has 72 valence electrons. The number of unbranched alkanes of at least 4 members (excludes halogenated alkanes) is 1. The second-order valence-electron chi connectivity index (χ2n) is 3.41. The maximum atomic E-state index is 7.15. The summed E-state index contributed by atoms with van der Waals surface area (Å²) in [5.41, 5.74) is 5.32. The van der Waals surface area contributed by atoms with E-state index in [9.17, 15) is 0 Å². The van der Waals surface area contributed by atoms with Crippen LogP contribution in [0.5, 0.6) is 0 Å². The summed E-state index contributed by atoms with van der Waals surface area (Å²) >= 11 is 0. The summed E-state index contributed by atoms with van der Waals surface area (Å²) in [6, 6.07) is 0.397. The van der Waals surface area contributed by atoms with E-state index in [1.807, 2.05) is 0 Å². The molecule has 0 heterocycles. The van der Waals surface area contributed by atoms with Gasteiger partial charge >= 0.3 is 0 Å². The molecular formula is C9H21N3. The van der Waals surface area contributed by atoms with Crippen LogP contribution in [0.15, 0.2) is 0 Å². The number of amidine groups is 1. The number of nitrogens with one attached hydrogen (secondary N) is 1. The Balaban J connectivity index is 3.60. The normalized spacial score (nSPS) is 13.3. The molecule has 0 saturated carbocycles. The molecule has 0 rings (SSSR count). The summed E-state index contributed by atoms with van der Waals surface area (Å²) in [5, 5.41) is 7.15. The first-order valence-electron chi connectivity index (χ1n) is 4.61. The van der Waals surface area contributed by atoms with Gasteiger partial charge < -0.3 is 10.6 Å². The number of nitrogens with two attached hydrogens (primary N) is 1. The van der Waals surface area contributed by atoms with Gasteiger partial charge in [-0.05, 0) is 26.9 Å². The van der Waals surface area contributed by atoms with Gasteiger partial charge in [0.25, 0.3) is 0 Å². The minimum Gasteiger partial charge on any atom is -0.388 e. The van der Waals surface area contributed by atoms with Gasteiger partial charge in [-0.3, -0.25) is 5.41 Å². The van der Waals surface area contributed by atoms with Crippen molar-refractivity contribution in [3.8, 4) is 0 Å². The zero-order valence-corrected chi connectivity index (χ0v) is 8.43. The predicted molar refractivity (Wildman–Crippen MR) is 53.5 cm³/mol. The van der Waals surface area contributed by atoms with Crippen LogP contribution in [0.1, 0.15) is 33.1 Å². The fourth-order valence-electron chi connectivity index (χ4n) is 1.10. The van der Waals surface area contributed by atoms with Crippen molar-refractivity contribution >= 4 is 5.84 Å². The first-order valence-corrected chi connectivity index (χ1v) is 4.61. The molecule has 3 heteroatoms. The Labute approximate surface area is 75.4 Å². The molecule has 0 radical (unpaired) electrons. The Morgan fingerprint density at radius 1 is 1.58 bits per heavy atom. The predicted octanol–water partition coefficient (Wildman–Crippen LogP) is 1.43. The summed E-state index contributed by atoms with van der Waals surface area (Å²) in [6.07, 6.45) is 3.12. The lowest BCUT2D eigenvalue weighted by Gasteiger charge is -2.23. The third-order valence-electron chi connectivity index (χ3n) is 2.13. The second-order valence-corrected chi connectivity index (χ2v) is 3.41. The van der Waals surface area contributed by atoms with E-state index in [4.69, 9.17) is 11.1 Å². The van der Waals surface area contributed by atoms with E-state index in [1.54, 1.807) is 0 Å². The number of rotatable bonds is 6. The SMILES string of the molecule is CCCCN(C)C(C)CC(=N)N. The maximum Gasteiger partial charge on any atom is 0.0920 e. The van der Waals surface area contributed by atoms with Crippen LogP contribution in [0.3, 0.4) is 0 Å². The van der Waals surface area contributed by atoms with Crippen molar-refractivity contribution in [1.29, 1.82) is 5.41 Å². The molecule has 0 saturated heterocycles. The van der Waals surface area contributed by atoms with Crippen molar-refractivity contribution in [2.45, 2.75) is 39.2 Å². The van der Waals surface area contributed by atoms with E-state index >= 15 is 0 Å². The molecule has 0 aliphatic rings. The molecule has 0 aromatic heterocycles. The van der Waals surface area contributed by atoms with E-state index < -0.39 is 0 Å². The van der Waals surface area contributed by atoms with Gasteiger partial charge in [-0.1, -0.05) is 13.3 Å². The van der Waals surface area contributed by atoms with Gasteiger partial charge in [0.05, 0.1) is 5.84 Å². The Hall–Kier alpha value is -0.570. The highest BCUT2D eigenvalue weighted by Gasteiger charge is 2.08. The molecule has 0 spiro atoms. The maximum absolute atomic E-state index is 7.15. The van der Waals surface area contributed by atoms with Gasteiger partial charge in [0, 0.05) is 12.5 Å². The monoisotopic (exact) mass is 171 g/mol. The lowest BCUT2D eigenvalue weighted by molar-refractivity contribution is 0.259. The molecule has 0 aliphatic carbocycles. The topological polar surface area (TPSA) is 53.1 Å². The van der Waals surface area contributed by atoms with Crippen LogP contribution in [0, 0.1) is 5.41 Å². The Morgan fingerprint density at radius 3 is 2.58 bits per heavy atom. The molecule has 0 aromatic carbocycles. The van der Waals surface area contributed by atoms with Gasteiger partial charge in [0.15, 0.2) is 0 Å². The zero-order chi connectivity index (χ0) is 9.56. The summed E-state index contributed by atoms with van der Waals surface area (Å²) in [5.74, 6) is 0.283. The summed E-state index contributed by atoms with van der Waals surface area (Å²) < 4.78 is 0. The van der Waals surface area contributed by atoms with Crippen LogP contribution in [-0.4, -0.2) is 30.4 Å². The Morgan fingerprint density at radius 2 is 2.17 bits per heavy atom. The van der Waals surface area contributed by atoms with Crippen LogP contribution in [0.4, 0.5) is 0 Å². The molecule has 0 amide bonds. The van der Waals surface area contributed by atoms with Crippen molar-refractivity contribution in [3.63, 3.8) is 0 Å². The smallest absolute Gasteiger partial charge is 0.0920 e. The number of hydrogen-bond acceptors (Lipinski definition) is 2. The summed E-state index contributed by atoms with van der Waals surface area (Å²) in [4.78, 5) is 2.25. The summed E-state index contributed by atoms with van der Waals surface area (Å²) in [6.45, 7) is 5.39. The van der Waals surface area contributed by atoms with Crippen LogP contribution in [0.2, 0.25) is 0 Å². The van der Waals surface area contributed by atoms with Gasteiger partial charge in [-0.2, -0.15) is 0 Å². The largest absolute Gasteiger partial charge is 0.388 e. The fraction of sp³-hybridized carbons (Fsp3) is 0.889. The van der Waals surface area contributed by atoms with E-state index in [1.165, 1.54) is 12.8 Å². The standard InChI is InChI=1S/C9H21N3/c1-4-5-6-12(3)8(2)7-9(10)11/h8H,4-7H2,1-3H3,(H3,10,11). The fourth-order valence-corrected chi connectivity index (χ4v) is 1.10. The molecule has 0 aliphatic heterocycles. The van der Waals surface area contributed by atoms with E-state index in [2.05, 4.69) is 25.8 Å². The molecule has 0 bridgehead atoms. The highest BCUT2D eigenvalue weighted by molar-refractivity contribution is 5.77. The van der Waals surface area contributed by atoms with Crippen molar-refractivity contribution in [3.05, 3.63) is 0 Å². The third-order valence-corrected chi connectivity index (χ3v) is 2.13. The molecule has 0 fully saturated rings. The third kappa shape index (κ3) is 5.13. The van der Waals surface area contributed by atoms with E-state index in [-0.39, 0.29) is 5.84 Å². The van der Waals surface area contributed by atoms with Gasteiger partial charge in [0.2, 0.25) is 0 Å². The Kier molecular flexibility index (Phi) is 5.72. The lowest BCUT2D eigenvalue weighted by atomic mass is 10.2.